The zero-order chi connectivity index (χ0) is 14.0. The first-order valence-corrected chi connectivity index (χ1v) is 8.21. The summed E-state index contributed by atoms with van der Waals surface area (Å²) in [6, 6.07) is 2.98. The smallest absolute Gasteiger partial charge is 0.134 e. The zero-order valence-electron chi connectivity index (χ0n) is 11.1. The number of aliphatic hydroxyl groups is 1. The summed E-state index contributed by atoms with van der Waals surface area (Å²) >= 11 is 6.68. The van der Waals surface area contributed by atoms with Crippen LogP contribution in [0.5, 0.6) is 5.75 Å². The lowest BCUT2D eigenvalue weighted by atomic mass is 9.81. The molecule has 114 valence electrons. The van der Waals surface area contributed by atoms with Gasteiger partial charge in [-0.1, -0.05) is 35.2 Å². The molecule has 0 heterocycles. The van der Waals surface area contributed by atoms with Gasteiger partial charge in [-0.3, -0.25) is 0 Å². The molecule has 1 saturated carbocycles. The fraction of sp³-hybridized carbons (Fsp3) is 0.571. The number of benzene rings is 1. The van der Waals surface area contributed by atoms with E-state index >= 15 is 0 Å². The van der Waals surface area contributed by atoms with Crippen LogP contribution in [0, 0.1) is 5.92 Å². The molecule has 4 N–H and O–H groups in total. The standard InChI is InChI=1S/C14H19Br2NO2.ClH/c15-9-6-10(14(19)11(16)7-9)12(17)13(18)8-4-2-1-3-5-8;/h6-8,12-13,18-19H,1-5,17H2;1H/t12-,13+;/m1./s1. The summed E-state index contributed by atoms with van der Waals surface area (Å²) in [5.41, 5.74) is 6.74. The summed E-state index contributed by atoms with van der Waals surface area (Å²) < 4.78 is 1.42. The minimum Gasteiger partial charge on any atom is -0.506 e. The molecule has 1 aromatic rings. The summed E-state index contributed by atoms with van der Waals surface area (Å²) in [5, 5.41) is 20.5. The molecule has 0 unspecified atom stereocenters. The lowest BCUT2D eigenvalue weighted by Crippen LogP contribution is -2.34. The number of phenolic OH excluding ortho intramolecular Hbond substituents is 1. The van der Waals surface area contributed by atoms with Crippen molar-refractivity contribution in [2.45, 2.75) is 44.2 Å². The average Bonchev–Trinajstić information content (AvgIpc) is 2.42. The fourth-order valence-corrected chi connectivity index (χ4v) is 4.05. The van der Waals surface area contributed by atoms with Gasteiger partial charge in [0, 0.05) is 10.0 Å². The van der Waals surface area contributed by atoms with E-state index in [0.29, 0.717) is 10.0 Å². The van der Waals surface area contributed by atoms with Crippen LogP contribution >= 0.6 is 44.3 Å². The highest BCUT2D eigenvalue weighted by molar-refractivity contribution is 9.11. The molecule has 1 aliphatic carbocycles. The third kappa shape index (κ3) is 4.10. The maximum Gasteiger partial charge on any atom is 0.134 e. The van der Waals surface area contributed by atoms with Gasteiger partial charge in [0.2, 0.25) is 0 Å². The van der Waals surface area contributed by atoms with E-state index in [1.807, 2.05) is 0 Å². The molecule has 2 rings (SSSR count). The SMILES string of the molecule is Cl.N[C@H](c1cc(Br)cc(Br)c1O)[C@@H](O)C1CCCCC1. The van der Waals surface area contributed by atoms with Gasteiger partial charge in [-0.15, -0.1) is 12.4 Å². The van der Waals surface area contributed by atoms with E-state index in [1.165, 1.54) is 6.42 Å². The van der Waals surface area contributed by atoms with E-state index in [2.05, 4.69) is 31.9 Å². The third-order valence-corrected chi connectivity index (χ3v) is 4.98. The van der Waals surface area contributed by atoms with Gasteiger partial charge < -0.3 is 15.9 Å². The van der Waals surface area contributed by atoms with Crippen LogP contribution < -0.4 is 5.73 Å². The van der Waals surface area contributed by atoms with Crippen LogP contribution in [0.15, 0.2) is 21.1 Å². The molecule has 0 spiro atoms. The third-order valence-electron chi connectivity index (χ3n) is 3.92. The molecule has 0 aliphatic heterocycles. The topological polar surface area (TPSA) is 66.5 Å². The van der Waals surface area contributed by atoms with Crippen LogP contribution in [0.3, 0.4) is 0 Å². The highest BCUT2D eigenvalue weighted by Crippen LogP contribution is 2.38. The maximum absolute atomic E-state index is 10.4. The van der Waals surface area contributed by atoms with Crippen molar-refractivity contribution in [3.63, 3.8) is 0 Å². The Hall–Kier alpha value is 0.190. The Balaban J connectivity index is 0.00000200. The Bertz CT molecular complexity index is 453. The molecule has 6 heteroatoms. The lowest BCUT2D eigenvalue weighted by molar-refractivity contribution is 0.0610. The molecule has 0 aromatic heterocycles. The summed E-state index contributed by atoms with van der Waals surface area (Å²) in [7, 11) is 0. The van der Waals surface area contributed by atoms with Gasteiger partial charge in [0.15, 0.2) is 0 Å². The highest BCUT2D eigenvalue weighted by atomic mass is 79.9. The minimum absolute atomic E-state index is 0. The molecular formula is C14H20Br2ClNO2. The van der Waals surface area contributed by atoms with Gasteiger partial charge in [0.25, 0.3) is 0 Å². The number of aromatic hydroxyl groups is 1. The normalized spacial score (nSPS) is 19.2. The van der Waals surface area contributed by atoms with Crippen molar-refractivity contribution < 1.29 is 10.2 Å². The molecule has 1 aliphatic rings. The molecule has 2 atom stereocenters. The van der Waals surface area contributed by atoms with Crippen molar-refractivity contribution in [1.82, 2.24) is 0 Å². The number of aliphatic hydroxyl groups excluding tert-OH is 1. The van der Waals surface area contributed by atoms with E-state index in [0.717, 1.165) is 30.2 Å². The van der Waals surface area contributed by atoms with Crippen LogP contribution in [0.1, 0.15) is 43.7 Å². The van der Waals surface area contributed by atoms with Gasteiger partial charge >= 0.3 is 0 Å². The minimum atomic E-state index is -0.604. The monoisotopic (exact) mass is 427 g/mol. The van der Waals surface area contributed by atoms with Crippen LogP contribution in [0.2, 0.25) is 0 Å². The van der Waals surface area contributed by atoms with E-state index < -0.39 is 12.1 Å². The molecule has 0 bridgehead atoms. The number of nitrogens with two attached hydrogens (primary N) is 1. The Morgan fingerprint density at radius 1 is 1.15 bits per heavy atom. The Kier molecular flexibility index (Phi) is 7.29. The lowest BCUT2D eigenvalue weighted by Gasteiger charge is -2.31. The van der Waals surface area contributed by atoms with Crippen molar-refractivity contribution in [2.75, 3.05) is 0 Å². The van der Waals surface area contributed by atoms with Gasteiger partial charge in [0.1, 0.15) is 5.75 Å². The predicted molar refractivity (Wildman–Crippen MR) is 90.3 cm³/mol. The first-order valence-electron chi connectivity index (χ1n) is 6.62. The number of rotatable bonds is 3. The van der Waals surface area contributed by atoms with E-state index in [1.54, 1.807) is 12.1 Å². The number of phenols is 1. The van der Waals surface area contributed by atoms with Gasteiger partial charge in [0.05, 0.1) is 16.6 Å². The van der Waals surface area contributed by atoms with E-state index in [4.69, 9.17) is 5.73 Å². The molecule has 0 saturated heterocycles. The Labute approximate surface area is 142 Å². The second-order valence-electron chi connectivity index (χ2n) is 5.24. The molecule has 1 fully saturated rings. The molecule has 0 amide bonds. The van der Waals surface area contributed by atoms with Crippen molar-refractivity contribution in [1.29, 1.82) is 0 Å². The summed E-state index contributed by atoms with van der Waals surface area (Å²) in [6.45, 7) is 0. The van der Waals surface area contributed by atoms with Gasteiger partial charge in [-0.25, -0.2) is 0 Å². The fourth-order valence-electron chi connectivity index (χ4n) is 2.79. The number of hydrogen-bond donors (Lipinski definition) is 3. The molecule has 1 aromatic carbocycles. The molecule has 0 radical (unpaired) electrons. The first kappa shape index (κ1) is 18.2. The van der Waals surface area contributed by atoms with Crippen molar-refractivity contribution in [2.24, 2.45) is 11.7 Å². The molecule has 20 heavy (non-hydrogen) atoms. The summed E-state index contributed by atoms with van der Waals surface area (Å²) in [5.74, 6) is 0.353. The van der Waals surface area contributed by atoms with Crippen molar-refractivity contribution in [3.8, 4) is 5.75 Å². The van der Waals surface area contributed by atoms with Crippen molar-refractivity contribution in [3.05, 3.63) is 26.6 Å². The predicted octanol–water partition coefficient (Wildman–Crippen LogP) is 4.28. The van der Waals surface area contributed by atoms with Crippen LogP contribution in [-0.2, 0) is 0 Å². The quantitative estimate of drug-likeness (QED) is 0.672. The van der Waals surface area contributed by atoms with E-state index in [-0.39, 0.29) is 24.1 Å². The maximum atomic E-state index is 10.4. The number of halogens is 3. The molecular weight excluding hydrogens is 409 g/mol. The average molecular weight is 430 g/mol. The highest BCUT2D eigenvalue weighted by Gasteiger charge is 2.29. The second-order valence-corrected chi connectivity index (χ2v) is 7.01. The Morgan fingerprint density at radius 2 is 1.75 bits per heavy atom. The van der Waals surface area contributed by atoms with Crippen LogP contribution in [0.25, 0.3) is 0 Å². The first-order chi connectivity index (χ1) is 9.00. The molecule has 3 nitrogen and oxygen atoms in total. The second kappa shape index (κ2) is 7.99. The van der Waals surface area contributed by atoms with Crippen LogP contribution in [0.4, 0.5) is 0 Å². The van der Waals surface area contributed by atoms with E-state index in [9.17, 15) is 10.2 Å². The summed E-state index contributed by atoms with van der Waals surface area (Å²) in [4.78, 5) is 0. The number of hydrogen-bond acceptors (Lipinski definition) is 3. The largest absolute Gasteiger partial charge is 0.506 e. The van der Waals surface area contributed by atoms with Gasteiger partial charge in [-0.05, 0) is 46.8 Å². The summed E-state index contributed by atoms with van der Waals surface area (Å²) in [6.07, 6.45) is 4.99. The Morgan fingerprint density at radius 3 is 2.35 bits per heavy atom. The van der Waals surface area contributed by atoms with Gasteiger partial charge in [-0.2, -0.15) is 0 Å². The van der Waals surface area contributed by atoms with Crippen molar-refractivity contribution >= 4 is 44.3 Å². The van der Waals surface area contributed by atoms with Crippen LogP contribution in [-0.4, -0.2) is 16.3 Å². The zero-order valence-corrected chi connectivity index (χ0v) is 15.0.